The van der Waals surface area contributed by atoms with Crippen molar-refractivity contribution in [2.45, 2.75) is 85.2 Å². The second-order valence-electron chi connectivity index (χ2n) is 8.82. The zero-order valence-electron chi connectivity index (χ0n) is 15.1. The lowest BCUT2D eigenvalue weighted by atomic mass is 9.77. The predicted octanol–water partition coefficient (Wildman–Crippen LogP) is 4.30. The summed E-state index contributed by atoms with van der Waals surface area (Å²) in [4.78, 5) is 2.82. The van der Waals surface area contributed by atoms with Gasteiger partial charge in [0, 0.05) is 31.7 Å². The zero-order valence-corrected chi connectivity index (χ0v) is 15.1. The summed E-state index contributed by atoms with van der Waals surface area (Å²) < 4.78 is 0. The topological polar surface area (TPSA) is 15.3 Å². The fourth-order valence-electron chi connectivity index (χ4n) is 4.79. The van der Waals surface area contributed by atoms with E-state index in [1.54, 1.807) is 0 Å². The van der Waals surface area contributed by atoms with E-state index in [2.05, 4.69) is 44.8 Å². The van der Waals surface area contributed by atoms with E-state index in [-0.39, 0.29) is 0 Å². The van der Waals surface area contributed by atoms with Crippen molar-refractivity contribution in [1.82, 2.24) is 10.2 Å². The van der Waals surface area contributed by atoms with Gasteiger partial charge in [-0.1, -0.05) is 40.5 Å². The van der Waals surface area contributed by atoms with Crippen LogP contribution in [-0.4, -0.2) is 36.6 Å². The van der Waals surface area contributed by atoms with Crippen molar-refractivity contribution >= 4 is 0 Å². The molecule has 2 unspecified atom stereocenters. The Hall–Kier alpha value is -0.0800. The molecule has 0 bridgehead atoms. The van der Waals surface area contributed by atoms with Crippen LogP contribution in [0.25, 0.3) is 0 Å². The van der Waals surface area contributed by atoms with Gasteiger partial charge < -0.3 is 5.32 Å². The Morgan fingerprint density at radius 3 is 2.33 bits per heavy atom. The summed E-state index contributed by atoms with van der Waals surface area (Å²) in [6.45, 7) is 15.7. The molecule has 2 rings (SSSR count). The van der Waals surface area contributed by atoms with E-state index in [4.69, 9.17) is 0 Å². The maximum atomic E-state index is 3.77. The van der Waals surface area contributed by atoms with Crippen molar-refractivity contribution in [2.24, 2.45) is 17.3 Å². The van der Waals surface area contributed by atoms with Crippen LogP contribution < -0.4 is 5.32 Å². The van der Waals surface area contributed by atoms with Crippen molar-refractivity contribution < 1.29 is 0 Å². The van der Waals surface area contributed by atoms with Gasteiger partial charge in [0.25, 0.3) is 0 Å². The third kappa shape index (κ3) is 4.96. The highest BCUT2D eigenvalue weighted by Crippen LogP contribution is 2.44. The van der Waals surface area contributed by atoms with E-state index in [0.717, 1.165) is 11.8 Å². The van der Waals surface area contributed by atoms with E-state index < -0.39 is 0 Å². The molecule has 1 N–H and O–H groups in total. The summed E-state index contributed by atoms with van der Waals surface area (Å²) in [5.41, 5.74) is 0.627. The highest BCUT2D eigenvalue weighted by molar-refractivity contribution is 4.93. The molecular weight excluding hydrogens is 256 g/mol. The van der Waals surface area contributed by atoms with Crippen LogP contribution >= 0.6 is 0 Å². The number of nitrogens with zero attached hydrogens (tertiary/aromatic N) is 1. The minimum atomic E-state index is 0.627. The van der Waals surface area contributed by atoms with E-state index in [1.807, 2.05) is 0 Å². The number of hydrogen-bond donors (Lipinski definition) is 1. The summed E-state index contributed by atoms with van der Waals surface area (Å²) >= 11 is 0. The molecule has 0 spiro atoms. The summed E-state index contributed by atoms with van der Waals surface area (Å²) in [6, 6.07) is 1.41. The molecule has 0 aromatic rings. The Balaban J connectivity index is 1.97. The first-order valence-corrected chi connectivity index (χ1v) is 9.38. The second kappa shape index (κ2) is 7.46. The maximum Gasteiger partial charge on any atom is 0.0198 e. The van der Waals surface area contributed by atoms with Gasteiger partial charge in [0.15, 0.2) is 0 Å². The molecule has 0 amide bonds. The molecule has 21 heavy (non-hydrogen) atoms. The van der Waals surface area contributed by atoms with Crippen molar-refractivity contribution in [3.05, 3.63) is 0 Å². The third-order valence-electron chi connectivity index (χ3n) is 5.58. The number of piperazine rings is 1. The van der Waals surface area contributed by atoms with E-state index >= 15 is 0 Å². The summed E-state index contributed by atoms with van der Waals surface area (Å²) in [6.07, 6.45) is 8.61. The van der Waals surface area contributed by atoms with Crippen LogP contribution in [-0.2, 0) is 0 Å². The molecule has 2 atom stereocenters. The van der Waals surface area contributed by atoms with E-state index in [9.17, 15) is 0 Å². The molecule has 1 heterocycles. The molecule has 0 aromatic carbocycles. The van der Waals surface area contributed by atoms with Gasteiger partial charge in [0.1, 0.15) is 0 Å². The van der Waals surface area contributed by atoms with Crippen molar-refractivity contribution in [3.8, 4) is 0 Å². The zero-order chi connectivity index (χ0) is 15.5. The molecule has 2 heteroatoms. The van der Waals surface area contributed by atoms with Crippen LogP contribution in [0.1, 0.15) is 73.1 Å². The van der Waals surface area contributed by atoms with Gasteiger partial charge in [0.05, 0.1) is 0 Å². The SMILES string of the molecule is CC(C)CC1CN(CC2(CC(C)C)CCCC2)C(C)CN1. The Labute approximate surface area is 133 Å². The lowest BCUT2D eigenvalue weighted by Crippen LogP contribution is -2.57. The fraction of sp³-hybridized carbons (Fsp3) is 1.00. The highest BCUT2D eigenvalue weighted by atomic mass is 15.2. The number of hydrogen-bond acceptors (Lipinski definition) is 2. The van der Waals surface area contributed by atoms with Crippen molar-refractivity contribution in [1.29, 1.82) is 0 Å². The predicted molar refractivity (Wildman–Crippen MR) is 92.6 cm³/mol. The van der Waals surface area contributed by atoms with Gasteiger partial charge in [-0.15, -0.1) is 0 Å². The molecule has 1 saturated carbocycles. The first-order chi connectivity index (χ1) is 9.90. The lowest BCUT2D eigenvalue weighted by Gasteiger charge is -2.44. The van der Waals surface area contributed by atoms with Gasteiger partial charge in [-0.25, -0.2) is 0 Å². The van der Waals surface area contributed by atoms with Gasteiger partial charge in [-0.05, 0) is 49.9 Å². The molecule has 1 aliphatic carbocycles. The van der Waals surface area contributed by atoms with Crippen LogP contribution in [0.2, 0.25) is 0 Å². The van der Waals surface area contributed by atoms with Crippen LogP contribution in [0.5, 0.6) is 0 Å². The van der Waals surface area contributed by atoms with Crippen molar-refractivity contribution in [2.75, 3.05) is 19.6 Å². The average molecular weight is 295 g/mol. The molecule has 2 aliphatic rings. The van der Waals surface area contributed by atoms with Gasteiger partial charge >= 0.3 is 0 Å². The first kappa shape index (κ1) is 17.3. The van der Waals surface area contributed by atoms with Crippen LogP contribution in [0, 0.1) is 17.3 Å². The van der Waals surface area contributed by atoms with Crippen LogP contribution in [0.3, 0.4) is 0 Å². The normalized spacial score (nSPS) is 30.4. The van der Waals surface area contributed by atoms with Crippen LogP contribution in [0.4, 0.5) is 0 Å². The Bertz CT molecular complexity index is 305. The molecular formula is C19H38N2. The standard InChI is InChI=1S/C19H38N2/c1-15(2)10-18-13-21(17(5)12-20-18)14-19(11-16(3)4)8-6-7-9-19/h15-18,20H,6-14H2,1-5H3. The van der Waals surface area contributed by atoms with E-state index in [1.165, 1.54) is 58.2 Å². The van der Waals surface area contributed by atoms with Gasteiger partial charge in [0.2, 0.25) is 0 Å². The Kier molecular flexibility index (Phi) is 6.14. The van der Waals surface area contributed by atoms with E-state index in [0.29, 0.717) is 17.5 Å². The molecule has 1 aliphatic heterocycles. The first-order valence-electron chi connectivity index (χ1n) is 9.38. The minimum Gasteiger partial charge on any atom is -0.311 e. The summed E-state index contributed by atoms with van der Waals surface area (Å²) in [7, 11) is 0. The molecule has 124 valence electrons. The van der Waals surface area contributed by atoms with Gasteiger partial charge in [-0.2, -0.15) is 0 Å². The third-order valence-corrected chi connectivity index (χ3v) is 5.58. The Morgan fingerprint density at radius 1 is 1.10 bits per heavy atom. The number of nitrogens with one attached hydrogen (secondary N) is 1. The Morgan fingerprint density at radius 2 is 1.76 bits per heavy atom. The monoisotopic (exact) mass is 294 g/mol. The molecule has 0 aromatic heterocycles. The fourth-order valence-corrected chi connectivity index (χ4v) is 4.79. The highest BCUT2D eigenvalue weighted by Gasteiger charge is 2.38. The van der Waals surface area contributed by atoms with Crippen molar-refractivity contribution in [3.63, 3.8) is 0 Å². The number of rotatable bonds is 6. The van der Waals surface area contributed by atoms with Gasteiger partial charge in [-0.3, -0.25) is 4.90 Å². The smallest absolute Gasteiger partial charge is 0.0198 e. The molecule has 0 radical (unpaired) electrons. The minimum absolute atomic E-state index is 0.627. The summed E-state index contributed by atoms with van der Waals surface area (Å²) in [5, 5.41) is 3.77. The lowest BCUT2D eigenvalue weighted by molar-refractivity contribution is 0.0637. The summed E-state index contributed by atoms with van der Waals surface area (Å²) in [5.74, 6) is 1.64. The maximum absolute atomic E-state index is 3.77. The molecule has 2 nitrogen and oxygen atoms in total. The largest absolute Gasteiger partial charge is 0.311 e. The quantitative estimate of drug-likeness (QED) is 0.785. The molecule has 1 saturated heterocycles. The second-order valence-corrected chi connectivity index (χ2v) is 8.82. The van der Waals surface area contributed by atoms with Crippen LogP contribution in [0.15, 0.2) is 0 Å². The molecule has 2 fully saturated rings. The average Bonchev–Trinajstić information content (AvgIpc) is 2.80.